The van der Waals surface area contributed by atoms with Crippen LogP contribution in [0.3, 0.4) is 0 Å². The highest BCUT2D eigenvalue weighted by molar-refractivity contribution is 5.94. The molecule has 1 aliphatic rings. The maximum Gasteiger partial charge on any atom is 0.416 e. The molecule has 0 aromatic heterocycles. The molecule has 2 rings (SSSR count). The number of hydrogen-bond acceptors (Lipinski definition) is 3. The van der Waals surface area contributed by atoms with E-state index in [1.54, 1.807) is 0 Å². The zero-order valence-corrected chi connectivity index (χ0v) is 12.9. The predicted octanol–water partition coefficient (Wildman–Crippen LogP) is 3.26. The molecule has 1 saturated heterocycles. The van der Waals surface area contributed by atoms with Gasteiger partial charge in [-0.3, -0.25) is 4.79 Å². The van der Waals surface area contributed by atoms with Crippen molar-refractivity contribution in [1.82, 2.24) is 4.90 Å². The van der Waals surface area contributed by atoms with Crippen molar-refractivity contribution in [3.8, 4) is 0 Å². The molecule has 4 nitrogen and oxygen atoms in total. The molecule has 4 heteroatoms. The Bertz CT molecular complexity index is 498. The molecular formula is C17H23NO3. The van der Waals surface area contributed by atoms with Crippen molar-refractivity contribution in [1.29, 1.82) is 0 Å². The van der Waals surface area contributed by atoms with Crippen LogP contribution in [0.1, 0.15) is 32.8 Å². The molecule has 0 saturated carbocycles. The van der Waals surface area contributed by atoms with Crippen molar-refractivity contribution < 1.29 is 14.3 Å². The molecule has 0 spiro atoms. The molecule has 114 valence electrons. The average Bonchev–Trinajstić information content (AvgIpc) is 2.81. The van der Waals surface area contributed by atoms with E-state index in [2.05, 4.69) is 0 Å². The zero-order chi connectivity index (χ0) is 15.4. The third-order valence-electron chi connectivity index (χ3n) is 4.07. The number of imide groups is 1. The van der Waals surface area contributed by atoms with Gasteiger partial charge in [0.05, 0.1) is 6.04 Å². The summed E-state index contributed by atoms with van der Waals surface area (Å²) in [6.45, 7) is 6.30. The number of cyclic esters (lactones) is 1. The Kier molecular flexibility index (Phi) is 4.99. The predicted molar refractivity (Wildman–Crippen MR) is 80.7 cm³/mol. The maximum absolute atomic E-state index is 12.7. The summed E-state index contributed by atoms with van der Waals surface area (Å²) >= 11 is 0. The molecule has 0 radical (unpaired) electrons. The van der Waals surface area contributed by atoms with Crippen LogP contribution in [0.25, 0.3) is 0 Å². The van der Waals surface area contributed by atoms with Crippen molar-refractivity contribution in [3.05, 3.63) is 35.9 Å². The lowest BCUT2D eigenvalue weighted by atomic mass is 9.91. The summed E-state index contributed by atoms with van der Waals surface area (Å²) in [5.74, 6) is -0.0156. The third kappa shape index (κ3) is 3.43. The van der Waals surface area contributed by atoms with E-state index in [1.165, 1.54) is 4.90 Å². The zero-order valence-electron chi connectivity index (χ0n) is 12.9. The van der Waals surface area contributed by atoms with E-state index in [1.807, 2.05) is 51.1 Å². The summed E-state index contributed by atoms with van der Waals surface area (Å²) in [5, 5.41) is 0. The highest BCUT2D eigenvalue weighted by atomic mass is 16.6. The quantitative estimate of drug-likeness (QED) is 0.836. The van der Waals surface area contributed by atoms with Gasteiger partial charge in [-0.2, -0.15) is 0 Å². The van der Waals surface area contributed by atoms with E-state index >= 15 is 0 Å². The van der Waals surface area contributed by atoms with E-state index in [9.17, 15) is 9.59 Å². The topological polar surface area (TPSA) is 46.6 Å². The van der Waals surface area contributed by atoms with Gasteiger partial charge in [-0.25, -0.2) is 9.69 Å². The minimum atomic E-state index is -0.500. The van der Waals surface area contributed by atoms with Crippen molar-refractivity contribution in [2.45, 2.75) is 39.7 Å². The number of carbonyl (C=O) groups is 2. The summed E-state index contributed by atoms with van der Waals surface area (Å²) in [6, 6.07) is 9.69. The number of carbonyl (C=O) groups excluding carboxylic acids is 2. The second-order valence-corrected chi connectivity index (χ2v) is 5.89. The van der Waals surface area contributed by atoms with Crippen LogP contribution in [-0.2, 0) is 16.0 Å². The van der Waals surface area contributed by atoms with Crippen LogP contribution in [0, 0.1) is 11.8 Å². The third-order valence-corrected chi connectivity index (χ3v) is 4.07. The van der Waals surface area contributed by atoms with E-state index in [-0.39, 0.29) is 30.4 Å². The molecule has 1 aromatic rings. The van der Waals surface area contributed by atoms with Gasteiger partial charge in [0.25, 0.3) is 0 Å². The number of ether oxygens (including phenoxy) is 1. The summed E-state index contributed by atoms with van der Waals surface area (Å²) in [7, 11) is 0. The largest absolute Gasteiger partial charge is 0.447 e. The van der Waals surface area contributed by atoms with Crippen LogP contribution in [0.5, 0.6) is 0 Å². The summed E-state index contributed by atoms with van der Waals surface area (Å²) in [6.07, 6.45) is 0.880. The van der Waals surface area contributed by atoms with Crippen molar-refractivity contribution in [3.63, 3.8) is 0 Å². The standard InChI is InChI=1S/C17H23NO3/c1-4-15(12(2)3)16(19)18-14(11-21-17(18)20)10-13-8-6-5-7-9-13/h5-9,12,14-15H,4,10-11H2,1-3H3/t14?,15-/m0/s1. The Hall–Kier alpha value is -1.84. The molecule has 21 heavy (non-hydrogen) atoms. The van der Waals surface area contributed by atoms with Gasteiger partial charge < -0.3 is 4.74 Å². The molecule has 1 heterocycles. The fourth-order valence-electron chi connectivity index (χ4n) is 2.88. The van der Waals surface area contributed by atoms with Gasteiger partial charge in [0.15, 0.2) is 0 Å². The highest BCUT2D eigenvalue weighted by Crippen LogP contribution is 2.24. The van der Waals surface area contributed by atoms with Gasteiger partial charge in [-0.15, -0.1) is 0 Å². The first-order chi connectivity index (χ1) is 10.0. The normalized spacial score (nSPS) is 19.7. The van der Waals surface area contributed by atoms with Crippen LogP contribution < -0.4 is 0 Å². The van der Waals surface area contributed by atoms with Crippen LogP contribution in [0.2, 0.25) is 0 Å². The fourth-order valence-corrected chi connectivity index (χ4v) is 2.88. The first-order valence-corrected chi connectivity index (χ1v) is 7.58. The smallest absolute Gasteiger partial charge is 0.416 e. The van der Waals surface area contributed by atoms with Gasteiger partial charge >= 0.3 is 6.09 Å². The van der Waals surface area contributed by atoms with Crippen LogP contribution >= 0.6 is 0 Å². The Morgan fingerprint density at radius 3 is 2.57 bits per heavy atom. The lowest BCUT2D eigenvalue weighted by molar-refractivity contribution is -0.134. The molecule has 1 fully saturated rings. The van der Waals surface area contributed by atoms with Gasteiger partial charge in [0.2, 0.25) is 5.91 Å². The van der Waals surface area contributed by atoms with Crippen LogP contribution in [-0.4, -0.2) is 29.5 Å². The lowest BCUT2D eigenvalue weighted by Crippen LogP contribution is -2.44. The van der Waals surface area contributed by atoms with Gasteiger partial charge in [-0.1, -0.05) is 51.1 Å². The van der Waals surface area contributed by atoms with Crippen molar-refractivity contribution >= 4 is 12.0 Å². The molecule has 0 aliphatic carbocycles. The van der Waals surface area contributed by atoms with E-state index in [0.717, 1.165) is 12.0 Å². The maximum atomic E-state index is 12.7. The molecular weight excluding hydrogens is 266 g/mol. The minimum absolute atomic E-state index is 0.101. The average molecular weight is 289 g/mol. The molecule has 0 N–H and O–H groups in total. The highest BCUT2D eigenvalue weighted by Gasteiger charge is 2.40. The molecule has 0 bridgehead atoms. The first kappa shape index (κ1) is 15.5. The van der Waals surface area contributed by atoms with Crippen molar-refractivity contribution in [2.75, 3.05) is 6.61 Å². The lowest BCUT2D eigenvalue weighted by Gasteiger charge is -2.26. The molecule has 1 aromatic carbocycles. The molecule has 2 amide bonds. The second kappa shape index (κ2) is 6.74. The Morgan fingerprint density at radius 2 is 2.00 bits per heavy atom. The van der Waals surface area contributed by atoms with Gasteiger partial charge in [0, 0.05) is 5.92 Å². The number of amides is 2. The number of rotatable bonds is 5. The van der Waals surface area contributed by atoms with E-state index in [0.29, 0.717) is 6.42 Å². The summed E-state index contributed by atoms with van der Waals surface area (Å²) in [5.41, 5.74) is 1.11. The van der Waals surface area contributed by atoms with Crippen molar-refractivity contribution in [2.24, 2.45) is 11.8 Å². The molecule has 2 atom stereocenters. The Labute approximate surface area is 126 Å². The van der Waals surface area contributed by atoms with E-state index < -0.39 is 6.09 Å². The Morgan fingerprint density at radius 1 is 1.33 bits per heavy atom. The summed E-state index contributed by atoms with van der Waals surface area (Å²) < 4.78 is 5.11. The number of benzene rings is 1. The molecule has 1 unspecified atom stereocenters. The number of hydrogen-bond donors (Lipinski definition) is 0. The van der Waals surface area contributed by atoms with Crippen LogP contribution in [0.15, 0.2) is 30.3 Å². The van der Waals surface area contributed by atoms with Crippen LogP contribution in [0.4, 0.5) is 4.79 Å². The Balaban J connectivity index is 2.15. The summed E-state index contributed by atoms with van der Waals surface area (Å²) in [4.78, 5) is 25.9. The fraction of sp³-hybridized carbons (Fsp3) is 0.529. The first-order valence-electron chi connectivity index (χ1n) is 7.58. The van der Waals surface area contributed by atoms with Gasteiger partial charge in [0.1, 0.15) is 6.61 Å². The minimum Gasteiger partial charge on any atom is -0.447 e. The monoisotopic (exact) mass is 289 g/mol. The second-order valence-electron chi connectivity index (χ2n) is 5.89. The van der Waals surface area contributed by atoms with E-state index in [4.69, 9.17) is 4.74 Å². The number of nitrogens with zero attached hydrogens (tertiary/aromatic N) is 1. The van der Waals surface area contributed by atoms with Gasteiger partial charge in [-0.05, 0) is 24.3 Å². The SMILES string of the molecule is CC[C@H](C(=O)N1C(=O)OCC1Cc1ccccc1)C(C)C. The molecule has 1 aliphatic heterocycles.